The van der Waals surface area contributed by atoms with Crippen LogP contribution < -0.4 is 4.74 Å². The summed E-state index contributed by atoms with van der Waals surface area (Å²) in [5, 5.41) is 10.3. The second-order valence-corrected chi connectivity index (χ2v) is 9.17. The lowest BCUT2D eigenvalue weighted by molar-refractivity contribution is -0.336. The van der Waals surface area contributed by atoms with E-state index >= 15 is 0 Å². The molecule has 0 amide bonds. The van der Waals surface area contributed by atoms with Gasteiger partial charge < -0.3 is 14.6 Å². The van der Waals surface area contributed by atoms with Crippen LogP contribution in [0.15, 0.2) is 48.6 Å². The fourth-order valence-corrected chi connectivity index (χ4v) is 4.33. The molecule has 6 nitrogen and oxygen atoms in total. The SMILES string of the molecule is CC(C)OC(=O)CCC/C=C/CC1C2CC(OO2)C1/C=C/C(O)COc1cccc(C(F)(F)F)c1. The molecule has 1 aromatic carbocycles. The predicted octanol–water partition coefficient (Wildman–Crippen LogP) is 5.40. The third kappa shape index (κ3) is 8.37. The molecule has 1 N–H and O–H groups in total. The van der Waals surface area contributed by atoms with Gasteiger partial charge in [0.1, 0.15) is 24.6 Å². The third-order valence-electron chi connectivity index (χ3n) is 6.00. The number of aliphatic hydroxyl groups is 1. The van der Waals surface area contributed by atoms with Crippen LogP contribution in [0.3, 0.4) is 0 Å². The minimum absolute atomic E-state index is 0.0289. The fourth-order valence-electron chi connectivity index (χ4n) is 4.33. The van der Waals surface area contributed by atoms with Gasteiger partial charge in [0, 0.05) is 24.7 Å². The van der Waals surface area contributed by atoms with Gasteiger partial charge in [0.05, 0.1) is 17.8 Å². The van der Waals surface area contributed by atoms with Gasteiger partial charge in [-0.25, -0.2) is 9.78 Å². The summed E-state index contributed by atoms with van der Waals surface area (Å²) in [7, 11) is 0. The van der Waals surface area contributed by atoms with Gasteiger partial charge >= 0.3 is 12.1 Å². The van der Waals surface area contributed by atoms with Crippen molar-refractivity contribution in [2.75, 3.05) is 6.61 Å². The van der Waals surface area contributed by atoms with Gasteiger partial charge in [-0.1, -0.05) is 30.4 Å². The zero-order valence-electron chi connectivity index (χ0n) is 19.9. The van der Waals surface area contributed by atoms with Crippen LogP contribution in [0.25, 0.3) is 0 Å². The van der Waals surface area contributed by atoms with Crippen LogP contribution in [0, 0.1) is 11.8 Å². The minimum atomic E-state index is -4.45. The fraction of sp³-hybridized carbons (Fsp3) is 0.577. The highest BCUT2D eigenvalue weighted by Gasteiger charge is 2.49. The van der Waals surface area contributed by atoms with Gasteiger partial charge in [-0.3, -0.25) is 4.79 Å². The highest BCUT2D eigenvalue weighted by Crippen LogP contribution is 2.45. The van der Waals surface area contributed by atoms with E-state index in [4.69, 9.17) is 19.2 Å². The Labute approximate surface area is 203 Å². The molecular weight excluding hydrogens is 465 g/mol. The lowest BCUT2D eigenvalue weighted by atomic mass is 9.89. The van der Waals surface area contributed by atoms with Crippen LogP contribution in [0.5, 0.6) is 5.75 Å². The number of carbonyl (C=O) groups excluding carboxylic acids is 1. The molecule has 5 atom stereocenters. The van der Waals surface area contributed by atoms with Gasteiger partial charge in [0.2, 0.25) is 0 Å². The number of esters is 1. The Bertz CT molecular complexity index is 882. The number of rotatable bonds is 12. The number of ether oxygens (including phenoxy) is 2. The summed E-state index contributed by atoms with van der Waals surface area (Å²) in [6.07, 6.45) is 5.37. The number of carbonyl (C=O) groups is 1. The van der Waals surface area contributed by atoms with E-state index in [2.05, 4.69) is 6.08 Å². The third-order valence-corrected chi connectivity index (χ3v) is 6.00. The van der Waals surface area contributed by atoms with Crippen LogP contribution in [-0.2, 0) is 25.5 Å². The Balaban J connectivity index is 1.45. The van der Waals surface area contributed by atoms with E-state index in [9.17, 15) is 23.1 Å². The first kappa shape index (κ1) is 27.2. The first-order chi connectivity index (χ1) is 16.6. The van der Waals surface area contributed by atoms with E-state index in [1.807, 2.05) is 26.0 Å². The lowest BCUT2D eigenvalue weighted by Gasteiger charge is -2.27. The van der Waals surface area contributed by atoms with Crippen LogP contribution in [0.4, 0.5) is 13.2 Å². The molecule has 9 heteroatoms. The normalized spacial score (nSPS) is 25.1. The number of aliphatic hydroxyl groups excluding tert-OH is 1. The molecule has 1 aromatic rings. The van der Waals surface area contributed by atoms with Crippen molar-refractivity contribution in [3.05, 3.63) is 54.1 Å². The first-order valence-corrected chi connectivity index (χ1v) is 12.0. The van der Waals surface area contributed by atoms with Crippen LogP contribution in [-0.4, -0.2) is 42.1 Å². The van der Waals surface area contributed by atoms with Gasteiger partial charge in [-0.15, -0.1) is 0 Å². The predicted molar refractivity (Wildman–Crippen MR) is 122 cm³/mol. The molecule has 0 radical (unpaired) electrons. The zero-order valence-corrected chi connectivity index (χ0v) is 19.9. The Kier molecular flexibility index (Phi) is 9.77. The van der Waals surface area contributed by atoms with Crippen molar-refractivity contribution in [2.45, 2.75) is 76.5 Å². The molecular formula is C26H33F3O6. The largest absolute Gasteiger partial charge is 0.491 e. The number of hydrogen-bond acceptors (Lipinski definition) is 6. The quantitative estimate of drug-likeness (QED) is 0.180. The number of benzene rings is 1. The van der Waals surface area contributed by atoms with Crippen LogP contribution in [0.1, 0.15) is 51.5 Å². The second kappa shape index (κ2) is 12.6. The molecule has 1 heterocycles. The van der Waals surface area contributed by atoms with Gasteiger partial charge in [0.15, 0.2) is 0 Å². The first-order valence-electron chi connectivity index (χ1n) is 12.0. The summed E-state index contributed by atoms with van der Waals surface area (Å²) < 4.78 is 49.0. The average molecular weight is 499 g/mol. The number of fused-ring (bicyclic) bond motifs is 2. The van der Waals surface area contributed by atoms with Crippen molar-refractivity contribution in [1.29, 1.82) is 0 Å². The molecule has 1 aliphatic heterocycles. The van der Waals surface area contributed by atoms with Gasteiger partial charge in [-0.2, -0.15) is 13.2 Å². The van der Waals surface area contributed by atoms with E-state index in [0.717, 1.165) is 37.8 Å². The summed E-state index contributed by atoms with van der Waals surface area (Å²) in [6.45, 7) is 3.48. The molecule has 5 unspecified atom stereocenters. The number of allylic oxidation sites excluding steroid dienone is 2. The smallest absolute Gasteiger partial charge is 0.416 e. The molecule has 2 fully saturated rings. The summed E-state index contributed by atoms with van der Waals surface area (Å²) in [5.74, 6) is 0.0867. The van der Waals surface area contributed by atoms with Crippen molar-refractivity contribution < 1.29 is 42.3 Å². The topological polar surface area (TPSA) is 74.2 Å². The van der Waals surface area contributed by atoms with E-state index in [1.54, 1.807) is 6.08 Å². The standard InChI is InChI=1S/C26H33F3O6/c1-17(2)33-25(31)11-6-4-3-5-10-21-22(24-15-23(21)34-35-24)13-12-19(30)16-32-20-9-7-8-18(14-20)26(27,28)29/h3,5,7-9,12-14,17,19,21-24,30H,4,6,10-11,15-16H2,1-2H3/b5-3+,13-12+. The van der Waals surface area contributed by atoms with Crippen molar-refractivity contribution in [1.82, 2.24) is 0 Å². The molecule has 0 aromatic heterocycles. The Hall–Kier alpha value is -2.36. The highest BCUT2D eigenvalue weighted by atomic mass is 19.4. The van der Waals surface area contributed by atoms with E-state index in [-0.39, 0.29) is 48.5 Å². The number of halogens is 3. The molecule has 1 saturated heterocycles. The zero-order chi connectivity index (χ0) is 25.4. The maximum absolute atomic E-state index is 12.8. The molecule has 2 bridgehead atoms. The number of unbranched alkanes of at least 4 members (excludes halogenated alkanes) is 1. The molecule has 0 spiro atoms. The summed E-state index contributed by atoms with van der Waals surface area (Å²) >= 11 is 0. The summed E-state index contributed by atoms with van der Waals surface area (Å²) in [4.78, 5) is 22.3. The number of alkyl halides is 3. The molecule has 3 rings (SSSR count). The Morgan fingerprint density at radius 1 is 1.23 bits per heavy atom. The molecule has 35 heavy (non-hydrogen) atoms. The maximum atomic E-state index is 12.8. The minimum Gasteiger partial charge on any atom is -0.491 e. The number of hydrogen-bond donors (Lipinski definition) is 1. The molecule has 1 saturated carbocycles. The van der Waals surface area contributed by atoms with Gasteiger partial charge in [0.25, 0.3) is 0 Å². The highest BCUT2D eigenvalue weighted by molar-refractivity contribution is 5.69. The Morgan fingerprint density at radius 3 is 2.74 bits per heavy atom. The van der Waals surface area contributed by atoms with Crippen molar-refractivity contribution >= 4 is 5.97 Å². The molecule has 2 aliphatic rings. The van der Waals surface area contributed by atoms with Crippen molar-refractivity contribution in [3.8, 4) is 5.75 Å². The lowest BCUT2D eigenvalue weighted by Crippen LogP contribution is -2.29. The van der Waals surface area contributed by atoms with E-state index in [1.165, 1.54) is 12.1 Å². The molecule has 194 valence electrons. The van der Waals surface area contributed by atoms with Gasteiger partial charge in [-0.05, 0) is 51.3 Å². The van der Waals surface area contributed by atoms with Crippen molar-refractivity contribution in [3.63, 3.8) is 0 Å². The van der Waals surface area contributed by atoms with E-state index in [0.29, 0.717) is 6.42 Å². The Morgan fingerprint density at radius 2 is 2.00 bits per heavy atom. The summed E-state index contributed by atoms with van der Waals surface area (Å²) in [5.41, 5.74) is -0.800. The molecule has 1 aliphatic carbocycles. The van der Waals surface area contributed by atoms with Crippen LogP contribution in [0.2, 0.25) is 0 Å². The maximum Gasteiger partial charge on any atom is 0.416 e. The van der Waals surface area contributed by atoms with Crippen LogP contribution >= 0.6 is 0 Å². The average Bonchev–Trinajstić information content (AvgIpc) is 3.39. The summed E-state index contributed by atoms with van der Waals surface area (Å²) in [6, 6.07) is 4.56. The second-order valence-electron chi connectivity index (χ2n) is 9.17. The van der Waals surface area contributed by atoms with E-state index < -0.39 is 17.8 Å². The van der Waals surface area contributed by atoms with Crippen molar-refractivity contribution in [2.24, 2.45) is 11.8 Å². The monoisotopic (exact) mass is 498 g/mol.